The molecule has 0 saturated heterocycles. The molecule has 0 aliphatic heterocycles. The molecule has 0 aromatic heterocycles. The first kappa shape index (κ1) is 18.6. The molecular formula is C19H24N2O4. The van der Waals surface area contributed by atoms with Crippen molar-refractivity contribution in [1.29, 1.82) is 0 Å². The summed E-state index contributed by atoms with van der Waals surface area (Å²) in [6.07, 6.45) is -0.846. The Hall–Kier alpha value is -2.73. The molecule has 2 N–H and O–H groups in total. The number of ether oxygens (including phenoxy) is 2. The van der Waals surface area contributed by atoms with E-state index in [1.807, 2.05) is 31.1 Å². The number of rotatable bonds is 7. The molecule has 0 radical (unpaired) electrons. The van der Waals surface area contributed by atoms with Gasteiger partial charge in [0.25, 0.3) is 5.91 Å². The topological polar surface area (TPSA) is 71.0 Å². The highest BCUT2D eigenvalue weighted by Gasteiger charge is 2.14. The molecule has 0 fully saturated rings. The summed E-state index contributed by atoms with van der Waals surface area (Å²) >= 11 is 0. The van der Waals surface area contributed by atoms with E-state index in [-0.39, 0.29) is 12.5 Å². The van der Waals surface area contributed by atoms with Crippen LogP contribution in [-0.4, -0.2) is 45.9 Å². The summed E-state index contributed by atoms with van der Waals surface area (Å²) in [5, 5.41) is 13.1. The van der Waals surface area contributed by atoms with Crippen LogP contribution in [0.2, 0.25) is 0 Å². The van der Waals surface area contributed by atoms with Gasteiger partial charge in [-0.2, -0.15) is 0 Å². The minimum Gasteiger partial charge on any atom is -0.493 e. The monoisotopic (exact) mass is 344 g/mol. The van der Waals surface area contributed by atoms with Gasteiger partial charge in [-0.25, -0.2) is 0 Å². The number of nitrogens with one attached hydrogen (secondary N) is 1. The molecule has 2 rings (SSSR count). The van der Waals surface area contributed by atoms with Crippen LogP contribution >= 0.6 is 0 Å². The third-order valence-electron chi connectivity index (χ3n) is 3.87. The molecule has 6 nitrogen and oxygen atoms in total. The molecule has 1 unspecified atom stereocenters. The third-order valence-corrected chi connectivity index (χ3v) is 3.87. The Morgan fingerprint density at radius 1 is 1.12 bits per heavy atom. The standard InChI is InChI=1S/C19H24N2O4/c1-21(2)15-7-5-6-14(10-15)19(23)20-12-16(22)13-8-9-17(24-3)18(11-13)25-4/h5-11,16,22H,12H2,1-4H3,(H,20,23). The predicted molar refractivity (Wildman–Crippen MR) is 97.6 cm³/mol. The smallest absolute Gasteiger partial charge is 0.251 e. The van der Waals surface area contributed by atoms with Crippen LogP contribution in [0, 0.1) is 0 Å². The van der Waals surface area contributed by atoms with Crippen molar-refractivity contribution in [1.82, 2.24) is 5.32 Å². The maximum atomic E-state index is 12.3. The number of benzene rings is 2. The van der Waals surface area contributed by atoms with Crippen molar-refractivity contribution in [2.24, 2.45) is 0 Å². The van der Waals surface area contributed by atoms with E-state index < -0.39 is 6.10 Å². The molecule has 0 spiro atoms. The first-order valence-electron chi connectivity index (χ1n) is 7.91. The number of carbonyl (C=O) groups excluding carboxylic acids is 1. The summed E-state index contributed by atoms with van der Waals surface area (Å²) < 4.78 is 10.4. The number of nitrogens with zero attached hydrogens (tertiary/aromatic N) is 1. The average molecular weight is 344 g/mol. The zero-order valence-corrected chi connectivity index (χ0v) is 14.9. The van der Waals surface area contributed by atoms with Gasteiger partial charge >= 0.3 is 0 Å². The van der Waals surface area contributed by atoms with Crippen LogP contribution in [0.25, 0.3) is 0 Å². The highest BCUT2D eigenvalue weighted by atomic mass is 16.5. The molecule has 0 saturated carbocycles. The van der Waals surface area contributed by atoms with Crippen molar-refractivity contribution in [3.63, 3.8) is 0 Å². The van der Waals surface area contributed by atoms with Crippen LogP contribution in [0.4, 0.5) is 5.69 Å². The fraction of sp³-hybridized carbons (Fsp3) is 0.316. The van der Waals surface area contributed by atoms with E-state index in [9.17, 15) is 9.90 Å². The van der Waals surface area contributed by atoms with Crippen molar-refractivity contribution in [3.05, 3.63) is 53.6 Å². The molecule has 0 bridgehead atoms. The van der Waals surface area contributed by atoms with Gasteiger partial charge < -0.3 is 24.8 Å². The van der Waals surface area contributed by atoms with Crippen LogP contribution in [0.1, 0.15) is 22.0 Å². The molecule has 0 heterocycles. The molecule has 0 aliphatic rings. The van der Waals surface area contributed by atoms with Gasteiger partial charge in [0.15, 0.2) is 11.5 Å². The Morgan fingerprint density at radius 3 is 2.48 bits per heavy atom. The van der Waals surface area contributed by atoms with E-state index in [0.29, 0.717) is 22.6 Å². The number of aliphatic hydroxyl groups excluding tert-OH is 1. The largest absolute Gasteiger partial charge is 0.493 e. The van der Waals surface area contributed by atoms with E-state index in [4.69, 9.17) is 9.47 Å². The van der Waals surface area contributed by atoms with Gasteiger partial charge in [0.2, 0.25) is 0 Å². The highest BCUT2D eigenvalue weighted by Crippen LogP contribution is 2.29. The molecular weight excluding hydrogens is 320 g/mol. The minimum absolute atomic E-state index is 0.0977. The van der Waals surface area contributed by atoms with Crippen molar-refractivity contribution in [2.45, 2.75) is 6.10 Å². The summed E-state index contributed by atoms with van der Waals surface area (Å²) in [6.45, 7) is 0.0977. The fourth-order valence-electron chi connectivity index (χ4n) is 2.39. The van der Waals surface area contributed by atoms with Crippen molar-refractivity contribution >= 4 is 11.6 Å². The summed E-state index contributed by atoms with van der Waals surface area (Å²) in [6, 6.07) is 12.5. The maximum absolute atomic E-state index is 12.3. The molecule has 2 aromatic rings. The molecule has 6 heteroatoms. The second-order valence-corrected chi connectivity index (χ2v) is 5.78. The first-order valence-corrected chi connectivity index (χ1v) is 7.91. The van der Waals surface area contributed by atoms with Crippen LogP contribution in [0.5, 0.6) is 11.5 Å². The van der Waals surface area contributed by atoms with Gasteiger partial charge in [-0.05, 0) is 35.9 Å². The maximum Gasteiger partial charge on any atom is 0.251 e. The number of methoxy groups -OCH3 is 2. The zero-order chi connectivity index (χ0) is 18.4. The van der Waals surface area contributed by atoms with Crippen molar-refractivity contribution in [3.8, 4) is 11.5 Å². The van der Waals surface area contributed by atoms with Gasteiger partial charge in [0.1, 0.15) is 0 Å². The van der Waals surface area contributed by atoms with Crippen LogP contribution in [-0.2, 0) is 0 Å². The zero-order valence-electron chi connectivity index (χ0n) is 14.9. The lowest BCUT2D eigenvalue weighted by Crippen LogP contribution is -2.28. The van der Waals surface area contributed by atoms with Gasteiger partial charge in [-0.1, -0.05) is 12.1 Å². The molecule has 2 aromatic carbocycles. The van der Waals surface area contributed by atoms with E-state index in [1.165, 1.54) is 7.11 Å². The average Bonchev–Trinajstić information content (AvgIpc) is 2.65. The Bertz CT molecular complexity index is 731. The summed E-state index contributed by atoms with van der Waals surface area (Å²) in [7, 11) is 6.92. The van der Waals surface area contributed by atoms with Crippen molar-refractivity contribution in [2.75, 3.05) is 39.8 Å². The van der Waals surface area contributed by atoms with Crippen LogP contribution < -0.4 is 19.7 Å². The van der Waals surface area contributed by atoms with E-state index >= 15 is 0 Å². The van der Waals surface area contributed by atoms with Crippen LogP contribution in [0.15, 0.2) is 42.5 Å². The lowest BCUT2D eigenvalue weighted by molar-refractivity contribution is 0.0916. The first-order chi connectivity index (χ1) is 12.0. The second kappa shape index (κ2) is 8.39. The Morgan fingerprint density at radius 2 is 1.84 bits per heavy atom. The third kappa shape index (κ3) is 4.64. The van der Waals surface area contributed by atoms with E-state index in [1.54, 1.807) is 37.4 Å². The second-order valence-electron chi connectivity index (χ2n) is 5.78. The van der Waals surface area contributed by atoms with Gasteiger partial charge in [-0.15, -0.1) is 0 Å². The lowest BCUT2D eigenvalue weighted by Gasteiger charge is -2.16. The SMILES string of the molecule is COc1ccc(C(O)CNC(=O)c2cccc(N(C)C)c2)cc1OC. The van der Waals surface area contributed by atoms with Gasteiger partial charge in [-0.3, -0.25) is 4.79 Å². The van der Waals surface area contributed by atoms with Gasteiger partial charge in [0, 0.05) is 31.9 Å². The normalized spacial score (nSPS) is 11.6. The summed E-state index contributed by atoms with van der Waals surface area (Å²) in [4.78, 5) is 14.2. The number of hydrogen-bond acceptors (Lipinski definition) is 5. The lowest BCUT2D eigenvalue weighted by atomic mass is 10.1. The predicted octanol–water partition coefficient (Wildman–Crippen LogP) is 2.23. The minimum atomic E-state index is -0.846. The molecule has 1 atom stereocenters. The fourth-order valence-corrected chi connectivity index (χ4v) is 2.39. The number of hydrogen-bond donors (Lipinski definition) is 2. The van der Waals surface area contributed by atoms with Crippen LogP contribution in [0.3, 0.4) is 0 Å². The molecule has 25 heavy (non-hydrogen) atoms. The number of aliphatic hydroxyl groups is 1. The summed E-state index contributed by atoms with van der Waals surface area (Å²) in [5.41, 5.74) is 2.12. The quantitative estimate of drug-likeness (QED) is 0.806. The summed E-state index contributed by atoms with van der Waals surface area (Å²) in [5.74, 6) is 0.885. The Labute approximate surface area is 148 Å². The van der Waals surface area contributed by atoms with E-state index in [0.717, 1.165) is 5.69 Å². The van der Waals surface area contributed by atoms with Crippen molar-refractivity contribution < 1.29 is 19.4 Å². The highest BCUT2D eigenvalue weighted by molar-refractivity contribution is 5.95. The van der Waals surface area contributed by atoms with Gasteiger partial charge in [0.05, 0.1) is 20.3 Å². The number of anilines is 1. The molecule has 134 valence electrons. The molecule has 1 amide bonds. The molecule has 0 aliphatic carbocycles. The number of amides is 1. The van der Waals surface area contributed by atoms with E-state index in [2.05, 4.69) is 5.32 Å². The Balaban J connectivity index is 2.03. The Kier molecular flexibility index (Phi) is 6.25. The number of carbonyl (C=O) groups is 1.